The molecule has 0 unspecified atom stereocenters. The topological polar surface area (TPSA) is 62.3 Å². The molecule has 0 aliphatic carbocycles. The van der Waals surface area contributed by atoms with Crippen LogP contribution >= 0.6 is 22.9 Å². The highest BCUT2D eigenvalue weighted by atomic mass is 35.5. The van der Waals surface area contributed by atoms with Gasteiger partial charge in [-0.1, -0.05) is 11.6 Å². The molecule has 1 fully saturated rings. The highest BCUT2D eigenvalue weighted by Crippen LogP contribution is 2.22. The zero-order valence-corrected chi connectivity index (χ0v) is 13.9. The van der Waals surface area contributed by atoms with Gasteiger partial charge in [-0.3, -0.25) is 9.59 Å². The van der Waals surface area contributed by atoms with Gasteiger partial charge < -0.3 is 10.2 Å². The number of piperidine rings is 1. The van der Waals surface area contributed by atoms with Crippen LogP contribution in [0.5, 0.6) is 0 Å². The van der Waals surface area contributed by atoms with E-state index in [1.165, 1.54) is 11.3 Å². The zero-order valence-electron chi connectivity index (χ0n) is 12.4. The predicted octanol–water partition coefficient (Wildman–Crippen LogP) is 3.29. The second-order valence-electron chi connectivity index (χ2n) is 5.40. The fourth-order valence-corrected chi connectivity index (χ4v) is 3.27. The van der Waals surface area contributed by atoms with Crippen molar-refractivity contribution in [3.8, 4) is 0 Å². The number of nitrogens with zero attached hydrogens (tertiary/aromatic N) is 2. The van der Waals surface area contributed by atoms with Crippen molar-refractivity contribution in [1.29, 1.82) is 0 Å². The number of carbonyl (C=O) groups is 2. The summed E-state index contributed by atoms with van der Waals surface area (Å²) in [6, 6.07) is 6.88. The van der Waals surface area contributed by atoms with Crippen molar-refractivity contribution >= 4 is 39.9 Å². The summed E-state index contributed by atoms with van der Waals surface area (Å²) in [5.41, 5.74) is 0.625. The number of thiazole rings is 1. The van der Waals surface area contributed by atoms with Crippen LogP contribution in [0.4, 0.5) is 5.13 Å². The number of rotatable bonds is 3. The lowest BCUT2D eigenvalue weighted by Crippen LogP contribution is -2.41. The minimum atomic E-state index is -0.0758. The van der Waals surface area contributed by atoms with E-state index < -0.39 is 0 Å². The molecule has 23 heavy (non-hydrogen) atoms. The van der Waals surface area contributed by atoms with Crippen LogP contribution in [0.15, 0.2) is 35.8 Å². The first-order valence-electron chi connectivity index (χ1n) is 7.38. The Kier molecular flexibility index (Phi) is 4.93. The smallest absolute Gasteiger partial charge is 0.253 e. The van der Waals surface area contributed by atoms with Crippen molar-refractivity contribution in [2.24, 2.45) is 5.92 Å². The third-order valence-electron chi connectivity index (χ3n) is 3.91. The molecule has 2 heterocycles. The first-order chi connectivity index (χ1) is 11.1. The molecule has 1 aromatic heterocycles. The molecule has 2 aromatic rings. The van der Waals surface area contributed by atoms with Gasteiger partial charge in [-0.2, -0.15) is 0 Å². The zero-order chi connectivity index (χ0) is 16.2. The Balaban J connectivity index is 1.54. The molecule has 1 aliphatic rings. The Morgan fingerprint density at radius 1 is 1.22 bits per heavy atom. The van der Waals surface area contributed by atoms with E-state index in [1.807, 2.05) is 5.38 Å². The Hall–Kier alpha value is -1.92. The number of hydrogen-bond acceptors (Lipinski definition) is 4. The van der Waals surface area contributed by atoms with Crippen molar-refractivity contribution in [2.45, 2.75) is 12.8 Å². The van der Waals surface area contributed by atoms with E-state index in [9.17, 15) is 9.59 Å². The van der Waals surface area contributed by atoms with Crippen LogP contribution < -0.4 is 5.32 Å². The summed E-state index contributed by atoms with van der Waals surface area (Å²) >= 11 is 7.24. The van der Waals surface area contributed by atoms with Crippen LogP contribution in [0.3, 0.4) is 0 Å². The van der Waals surface area contributed by atoms with Gasteiger partial charge >= 0.3 is 0 Å². The van der Waals surface area contributed by atoms with Crippen molar-refractivity contribution in [3.05, 3.63) is 46.4 Å². The lowest BCUT2D eigenvalue weighted by Gasteiger charge is -2.31. The van der Waals surface area contributed by atoms with E-state index >= 15 is 0 Å². The quantitative estimate of drug-likeness (QED) is 0.924. The number of aromatic nitrogens is 1. The molecule has 0 atom stereocenters. The third-order valence-corrected chi connectivity index (χ3v) is 4.85. The fraction of sp³-hybridized carbons (Fsp3) is 0.312. The molecule has 1 saturated heterocycles. The van der Waals surface area contributed by atoms with Gasteiger partial charge in [0, 0.05) is 41.2 Å². The molecule has 5 nitrogen and oxygen atoms in total. The summed E-state index contributed by atoms with van der Waals surface area (Å²) in [6.45, 7) is 1.16. The van der Waals surface area contributed by atoms with Crippen LogP contribution in [0.25, 0.3) is 0 Å². The van der Waals surface area contributed by atoms with Gasteiger partial charge in [0.2, 0.25) is 5.91 Å². The van der Waals surface area contributed by atoms with E-state index in [0.717, 1.165) is 0 Å². The molecule has 1 aromatic carbocycles. The molecule has 7 heteroatoms. The largest absolute Gasteiger partial charge is 0.339 e. The first kappa shape index (κ1) is 16.0. The average Bonchev–Trinajstić information content (AvgIpc) is 3.08. The minimum absolute atomic E-state index is 0.0135. The lowest BCUT2D eigenvalue weighted by molar-refractivity contribution is -0.121. The Bertz CT molecular complexity index is 680. The maximum atomic E-state index is 12.4. The molecule has 1 aliphatic heterocycles. The summed E-state index contributed by atoms with van der Waals surface area (Å²) in [4.78, 5) is 30.4. The Morgan fingerprint density at radius 2 is 1.91 bits per heavy atom. The molecule has 3 rings (SSSR count). The summed E-state index contributed by atoms with van der Waals surface area (Å²) in [5.74, 6) is -0.104. The molecular weight excluding hydrogens is 334 g/mol. The normalized spacial score (nSPS) is 15.4. The van der Waals surface area contributed by atoms with E-state index in [2.05, 4.69) is 10.3 Å². The second-order valence-corrected chi connectivity index (χ2v) is 6.73. The van der Waals surface area contributed by atoms with Gasteiger partial charge in [0.05, 0.1) is 0 Å². The average molecular weight is 350 g/mol. The fourth-order valence-electron chi connectivity index (χ4n) is 2.61. The van der Waals surface area contributed by atoms with Crippen molar-refractivity contribution in [2.75, 3.05) is 18.4 Å². The molecule has 1 N–H and O–H groups in total. The van der Waals surface area contributed by atoms with Crippen LogP contribution in [-0.4, -0.2) is 34.8 Å². The number of nitrogens with one attached hydrogen (secondary N) is 1. The number of likely N-dealkylation sites (tertiary alicyclic amines) is 1. The van der Waals surface area contributed by atoms with Crippen molar-refractivity contribution < 1.29 is 9.59 Å². The van der Waals surface area contributed by atoms with Gasteiger partial charge in [0.1, 0.15) is 0 Å². The van der Waals surface area contributed by atoms with Gasteiger partial charge in [-0.15, -0.1) is 11.3 Å². The highest BCUT2D eigenvalue weighted by molar-refractivity contribution is 7.13. The predicted molar refractivity (Wildman–Crippen MR) is 90.8 cm³/mol. The number of halogens is 1. The molecule has 120 valence electrons. The standard InChI is InChI=1S/C16H16ClN3O2S/c17-13-3-1-12(2-4-13)15(22)20-8-5-11(6-9-20)14(21)19-16-18-7-10-23-16/h1-4,7,10-11H,5-6,8-9H2,(H,18,19,21). The van der Waals surface area contributed by atoms with E-state index in [-0.39, 0.29) is 17.7 Å². The number of amides is 2. The summed E-state index contributed by atoms with van der Waals surface area (Å²) in [5, 5.41) is 5.88. The third kappa shape index (κ3) is 3.89. The maximum Gasteiger partial charge on any atom is 0.253 e. The van der Waals surface area contributed by atoms with Crippen molar-refractivity contribution in [3.63, 3.8) is 0 Å². The van der Waals surface area contributed by atoms with Crippen molar-refractivity contribution in [1.82, 2.24) is 9.88 Å². The molecule has 0 bridgehead atoms. The minimum Gasteiger partial charge on any atom is -0.339 e. The number of carbonyl (C=O) groups excluding carboxylic acids is 2. The van der Waals surface area contributed by atoms with E-state index in [1.54, 1.807) is 35.4 Å². The molecular formula is C16H16ClN3O2S. The summed E-state index contributed by atoms with van der Waals surface area (Å²) < 4.78 is 0. The second kappa shape index (κ2) is 7.10. The van der Waals surface area contributed by atoms with Crippen LogP contribution in [0, 0.1) is 5.92 Å². The highest BCUT2D eigenvalue weighted by Gasteiger charge is 2.28. The monoisotopic (exact) mass is 349 g/mol. The van der Waals surface area contributed by atoms with Gasteiger partial charge in [-0.05, 0) is 37.1 Å². The maximum absolute atomic E-state index is 12.4. The molecule has 0 saturated carbocycles. The van der Waals surface area contributed by atoms with Crippen LogP contribution in [0.1, 0.15) is 23.2 Å². The number of anilines is 1. The van der Waals surface area contributed by atoms with Gasteiger partial charge in [0.15, 0.2) is 5.13 Å². The summed E-state index contributed by atoms with van der Waals surface area (Å²) in [7, 11) is 0. The van der Waals surface area contributed by atoms with Gasteiger partial charge in [-0.25, -0.2) is 4.98 Å². The Morgan fingerprint density at radius 3 is 2.52 bits per heavy atom. The molecule has 2 amide bonds. The van der Waals surface area contributed by atoms with Crippen LogP contribution in [0.2, 0.25) is 5.02 Å². The van der Waals surface area contributed by atoms with E-state index in [4.69, 9.17) is 11.6 Å². The summed E-state index contributed by atoms with van der Waals surface area (Å²) in [6.07, 6.45) is 2.99. The van der Waals surface area contributed by atoms with Gasteiger partial charge in [0.25, 0.3) is 5.91 Å². The van der Waals surface area contributed by atoms with Crippen LogP contribution in [-0.2, 0) is 4.79 Å². The molecule has 0 radical (unpaired) electrons. The first-order valence-corrected chi connectivity index (χ1v) is 8.64. The number of benzene rings is 1. The SMILES string of the molecule is O=C(Nc1nccs1)C1CCN(C(=O)c2ccc(Cl)cc2)CC1. The van der Waals surface area contributed by atoms with E-state index in [0.29, 0.717) is 41.6 Å². The lowest BCUT2D eigenvalue weighted by atomic mass is 9.95. The number of hydrogen-bond donors (Lipinski definition) is 1. The molecule has 0 spiro atoms. The Labute approximate surface area is 143 Å².